The molecule has 1 aliphatic rings. The number of hydrogen-bond donors (Lipinski definition) is 2. The van der Waals surface area contributed by atoms with E-state index in [1.807, 2.05) is 11.8 Å². The van der Waals surface area contributed by atoms with Crippen LogP contribution in [-0.4, -0.2) is 41.5 Å². The highest BCUT2D eigenvalue weighted by Gasteiger charge is 2.13. The highest BCUT2D eigenvalue weighted by Crippen LogP contribution is 2.09. The number of thioether (sulfide) groups is 1. The number of hydrazine groups is 1. The third kappa shape index (κ3) is 3.44. The summed E-state index contributed by atoms with van der Waals surface area (Å²) < 4.78 is 0. The lowest BCUT2D eigenvalue weighted by Crippen LogP contribution is -2.48. The fourth-order valence-corrected chi connectivity index (χ4v) is 2.13. The molecule has 4 nitrogen and oxygen atoms in total. The summed E-state index contributed by atoms with van der Waals surface area (Å²) in [4.78, 5) is 6.62. The number of hydrogen-bond acceptors (Lipinski definition) is 3. The molecule has 0 amide bonds. The summed E-state index contributed by atoms with van der Waals surface area (Å²) in [6, 6.07) is 0.292. The maximum absolute atomic E-state index is 5.42. The largest absolute Gasteiger partial charge is 0.340 e. The van der Waals surface area contributed by atoms with Gasteiger partial charge in [-0.1, -0.05) is 0 Å². The molecule has 0 aromatic carbocycles. The van der Waals surface area contributed by atoms with Crippen molar-refractivity contribution in [2.24, 2.45) is 10.8 Å². The minimum atomic E-state index is 0.292. The van der Waals surface area contributed by atoms with Crippen molar-refractivity contribution < 1.29 is 0 Å². The average Bonchev–Trinajstić information content (AvgIpc) is 2.15. The molecule has 76 valence electrons. The molecule has 0 bridgehead atoms. The first-order valence-electron chi connectivity index (χ1n) is 4.61. The Morgan fingerprint density at radius 3 is 2.54 bits per heavy atom. The lowest BCUT2D eigenvalue weighted by Gasteiger charge is -2.29. The molecule has 0 aliphatic carbocycles. The van der Waals surface area contributed by atoms with E-state index in [4.69, 9.17) is 5.84 Å². The van der Waals surface area contributed by atoms with Gasteiger partial charge in [-0.05, 0) is 13.8 Å². The van der Waals surface area contributed by atoms with E-state index in [1.165, 1.54) is 11.5 Å². The van der Waals surface area contributed by atoms with Crippen LogP contribution in [0.3, 0.4) is 0 Å². The van der Waals surface area contributed by atoms with Gasteiger partial charge in [0.05, 0.1) is 0 Å². The normalized spacial score (nSPS) is 19.4. The van der Waals surface area contributed by atoms with Crippen LogP contribution in [0.2, 0.25) is 0 Å². The highest BCUT2D eigenvalue weighted by molar-refractivity contribution is 7.99. The van der Waals surface area contributed by atoms with Crippen LogP contribution in [0, 0.1) is 0 Å². The molecule has 0 saturated carbocycles. The maximum atomic E-state index is 5.42. The van der Waals surface area contributed by atoms with E-state index in [1.54, 1.807) is 0 Å². The molecule has 1 heterocycles. The molecule has 0 radical (unpaired) electrons. The predicted octanol–water partition coefficient (Wildman–Crippen LogP) is 0.263. The van der Waals surface area contributed by atoms with Gasteiger partial charge < -0.3 is 4.90 Å². The fourth-order valence-electron chi connectivity index (χ4n) is 1.23. The molecule has 3 N–H and O–H groups in total. The molecule has 0 unspecified atom stereocenters. The van der Waals surface area contributed by atoms with Crippen molar-refractivity contribution in [3.05, 3.63) is 0 Å². The van der Waals surface area contributed by atoms with Crippen molar-refractivity contribution in [2.75, 3.05) is 24.6 Å². The van der Waals surface area contributed by atoms with Gasteiger partial charge in [-0.2, -0.15) is 11.8 Å². The van der Waals surface area contributed by atoms with Crippen molar-refractivity contribution in [1.29, 1.82) is 0 Å². The molecule has 1 rings (SSSR count). The summed E-state index contributed by atoms with van der Waals surface area (Å²) in [5, 5.41) is 0. The average molecular weight is 202 g/mol. The molecule has 1 fully saturated rings. The fraction of sp³-hybridized carbons (Fsp3) is 0.875. The first-order chi connectivity index (χ1) is 6.24. The standard InChI is InChI=1S/C8H18N4S/c1-7(2)10-8(11-9)12-3-5-13-6-4-12/h7H,3-6,9H2,1-2H3,(H,10,11). The number of rotatable bonds is 1. The molecule has 0 aromatic rings. The molecule has 5 heteroatoms. The van der Waals surface area contributed by atoms with E-state index in [-0.39, 0.29) is 0 Å². The van der Waals surface area contributed by atoms with Gasteiger partial charge in [0.2, 0.25) is 5.96 Å². The lowest BCUT2D eigenvalue weighted by atomic mass is 10.4. The SMILES string of the molecule is CC(C)N=C(NN)N1CCSCC1. The van der Waals surface area contributed by atoms with Crippen molar-refractivity contribution >= 4 is 17.7 Å². The van der Waals surface area contributed by atoms with Crippen molar-refractivity contribution in [1.82, 2.24) is 10.3 Å². The molecule has 0 atom stereocenters. The van der Waals surface area contributed by atoms with E-state index in [0.717, 1.165) is 19.0 Å². The molecule has 1 saturated heterocycles. The Kier molecular flexibility index (Phi) is 4.38. The summed E-state index contributed by atoms with van der Waals surface area (Å²) in [5.74, 6) is 8.58. The van der Waals surface area contributed by atoms with Crippen LogP contribution in [0.25, 0.3) is 0 Å². The van der Waals surface area contributed by atoms with Gasteiger partial charge in [-0.25, -0.2) is 10.8 Å². The predicted molar refractivity (Wildman–Crippen MR) is 58.8 cm³/mol. The number of nitrogens with zero attached hydrogens (tertiary/aromatic N) is 2. The Bertz CT molecular complexity index is 175. The Hall–Kier alpha value is -0.420. The van der Waals surface area contributed by atoms with Gasteiger partial charge in [-0.3, -0.25) is 5.43 Å². The van der Waals surface area contributed by atoms with Crippen LogP contribution in [0.15, 0.2) is 4.99 Å². The summed E-state index contributed by atoms with van der Waals surface area (Å²) >= 11 is 1.98. The number of nitrogens with one attached hydrogen (secondary N) is 1. The van der Waals surface area contributed by atoms with E-state index in [2.05, 4.69) is 29.2 Å². The lowest BCUT2D eigenvalue weighted by molar-refractivity contribution is 0.441. The first kappa shape index (κ1) is 10.7. The van der Waals surface area contributed by atoms with Crippen molar-refractivity contribution in [2.45, 2.75) is 19.9 Å². The van der Waals surface area contributed by atoms with Crippen molar-refractivity contribution in [3.63, 3.8) is 0 Å². The van der Waals surface area contributed by atoms with Gasteiger partial charge in [0.15, 0.2) is 0 Å². The zero-order valence-corrected chi connectivity index (χ0v) is 9.10. The topological polar surface area (TPSA) is 53.6 Å². The quantitative estimate of drug-likeness (QED) is 0.277. The van der Waals surface area contributed by atoms with Crippen LogP contribution in [0.4, 0.5) is 0 Å². The van der Waals surface area contributed by atoms with Gasteiger partial charge in [0, 0.05) is 30.6 Å². The third-order valence-electron chi connectivity index (χ3n) is 1.82. The summed E-state index contributed by atoms with van der Waals surface area (Å²) in [5.41, 5.74) is 2.67. The first-order valence-corrected chi connectivity index (χ1v) is 5.76. The molecular formula is C8H18N4S. The highest BCUT2D eigenvalue weighted by atomic mass is 32.2. The maximum Gasteiger partial charge on any atom is 0.208 e. The van der Waals surface area contributed by atoms with Crippen LogP contribution in [-0.2, 0) is 0 Å². The molecule has 0 spiro atoms. The Balaban J connectivity index is 2.53. The van der Waals surface area contributed by atoms with Gasteiger partial charge in [0.1, 0.15) is 0 Å². The molecule has 13 heavy (non-hydrogen) atoms. The minimum Gasteiger partial charge on any atom is -0.340 e. The number of nitrogens with two attached hydrogens (primary N) is 1. The third-order valence-corrected chi connectivity index (χ3v) is 2.76. The summed E-state index contributed by atoms with van der Waals surface area (Å²) in [7, 11) is 0. The van der Waals surface area contributed by atoms with E-state index < -0.39 is 0 Å². The minimum absolute atomic E-state index is 0.292. The second-order valence-corrected chi connectivity index (χ2v) is 4.51. The van der Waals surface area contributed by atoms with Gasteiger partial charge >= 0.3 is 0 Å². The van der Waals surface area contributed by atoms with Crippen LogP contribution in [0.1, 0.15) is 13.8 Å². The Morgan fingerprint density at radius 1 is 1.46 bits per heavy atom. The summed E-state index contributed by atoms with van der Waals surface area (Å²) in [6.45, 7) is 6.19. The Morgan fingerprint density at radius 2 is 2.08 bits per heavy atom. The monoisotopic (exact) mass is 202 g/mol. The second kappa shape index (κ2) is 5.34. The van der Waals surface area contributed by atoms with Crippen LogP contribution in [0.5, 0.6) is 0 Å². The van der Waals surface area contributed by atoms with Crippen LogP contribution < -0.4 is 11.3 Å². The Labute approximate surface area is 83.9 Å². The zero-order chi connectivity index (χ0) is 9.68. The number of aliphatic imine (C=N–C) groups is 1. The van der Waals surface area contributed by atoms with Crippen LogP contribution >= 0.6 is 11.8 Å². The van der Waals surface area contributed by atoms with Gasteiger partial charge in [-0.15, -0.1) is 0 Å². The van der Waals surface area contributed by atoms with E-state index in [0.29, 0.717) is 6.04 Å². The van der Waals surface area contributed by atoms with E-state index >= 15 is 0 Å². The molecule has 1 aliphatic heterocycles. The second-order valence-electron chi connectivity index (χ2n) is 3.29. The van der Waals surface area contributed by atoms with Crippen molar-refractivity contribution in [3.8, 4) is 0 Å². The number of guanidine groups is 1. The van der Waals surface area contributed by atoms with E-state index in [9.17, 15) is 0 Å². The zero-order valence-electron chi connectivity index (χ0n) is 8.29. The summed E-state index contributed by atoms with van der Waals surface area (Å²) in [6.07, 6.45) is 0. The molecule has 0 aromatic heterocycles. The smallest absolute Gasteiger partial charge is 0.208 e. The van der Waals surface area contributed by atoms with Gasteiger partial charge in [0.25, 0.3) is 0 Å². The molecular weight excluding hydrogens is 184 g/mol.